The van der Waals surface area contributed by atoms with E-state index < -0.39 is 0 Å². The Balaban J connectivity index is 4.01. The van der Waals surface area contributed by atoms with E-state index in [4.69, 9.17) is 15.2 Å². The second-order valence-corrected chi connectivity index (χ2v) is 10.7. The number of nitrogens with zero attached hydrogens (tertiary/aromatic N) is 1. The molecule has 0 aliphatic carbocycles. The van der Waals surface area contributed by atoms with Crippen LogP contribution in [0.5, 0.6) is 0 Å². The van der Waals surface area contributed by atoms with Crippen LogP contribution in [0.2, 0.25) is 0 Å². The summed E-state index contributed by atoms with van der Waals surface area (Å²) >= 11 is 0. The molecule has 0 heterocycles. The summed E-state index contributed by atoms with van der Waals surface area (Å²) in [6.45, 7) is 9.92. The van der Waals surface area contributed by atoms with Crippen molar-refractivity contribution in [2.45, 2.75) is 142 Å². The maximum Gasteiger partial charge on any atom is 0.308 e. The van der Waals surface area contributed by atoms with Gasteiger partial charge in [-0.25, -0.2) is 0 Å². The van der Waals surface area contributed by atoms with Crippen molar-refractivity contribution in [3.63, 3.8) is 0 Å². The first-order chi connectivity index (χ1) is 18.2. The van der Waals surface area contributed by atoms with Gasteiger partial charge < -0.3 is 20.1 Å². The van der Waals surface area contributed by atoms with Crippen molar-refractivity contribution in [1.29, 1.82) is 0 Å². The predicted molar refractivity (Wildman–Crippen MR) is 156 cm³/mol. The minimum atomic E-state index is 0.0527. The standard InChI is InChI=1S/C31H62N2O4/c1-3-5-7-9-10-16-22-30(21-15-8-6-4-2)31(35)37-28-20-14-12-18-25-33(26-23-32)24-17-11-13-19-27-36-29-34/h29-30H,3-28,32H2,1-2H3. The number of esters is 1. The molecule has 0 aliphatic heterocycles. The fourth-order valence-corrected chi connectivity index (χ4v) is 4.89. The molecule has 220 valence electrons. The molecule has 37 heavy (non-hydrogen) atoms. The van der Waals surface area contributed by atoms with Crippen LogP contribution < -0.4 is 5.73 Å². The maximum absolute atomic E-state index is 12.8. The van der Waals surface area contributed by atoms with Crippen LogP contribution in [0.15, 0.2) is 0 Å². The van der Waals surface area contributed by atoms with Crippen molar-refractivity contribution in [3.05, 3.63) is 0 Å². The van der Waals surface area contributed by atoms with E-state index in [1.54, 1.807) is 0 Å². The normalized spacial score (nSPS) is 12.1. The van der Waals surface area contributed by atoms with Crippen LogP contribution in [0.1, 0.15) is 142 Å². The molecule has 6 nitrogen and oxygen atoms in total. The lowest BCUT2D eigenvalue weighted by molar-refractivity contribution is -0.149. The van der Waals surface area contributed by atoms with E-state index in [-0.39, 0.29) is 11.9 Å². The number of unbranched alkanes of at least 4 members (excludes halogenated alkanes) is 14. The van der Waals surface area contributed by atoms with Crippen molar-refractivity contribution >= 4 is 12.4 Å². The Morgan fingerprint density at radius 2 is 1.16 bits per heavy atom. The molecule has 2 N–H and O–H groups in total. The Morgan fingerprint density at radius 3 is 1.73 bits per heavy atom. The molecule has 0 amide bonds. The van der Waals surface area contributed by atoms with Gasteiger partial charge in [0.05, 0.1) is 19.1 Å². The van der Waals surface area contributed by atoms with Gasteiger partial charge in [-0.3, -0.25) is 9.59 Å². The minimum absolute atomic E-state index is 0.0527. The highest BCUT2D eigenvalue weighted by Crippen LogP contribution is 2.20. The van der Waals surface area contributed by atoms with Gasteiger partial charge in [0.15, 0.2) is 0 Å². The van der Waals surface area contributed by atoms with Crippen LogP contribution in [0.4, 0.5) is 0 Å². The van der Waals surface area contributed by atoms with E-state index in [2.05, 4.69) is 18.7 Å². The van der Waals surface area contributed by atoms with Gasteiger partial charge in [-0.15, -0.1) is 0 Å². The van der Waals surface area contributed by atoms with Crippen LogP contribution in [0.3, 0.4) is 0 Å². The lowest BCUT2D eigenvalue weighted by atomic mass is 9.94. The molecule has 0 radical (unpaired) electrons. The summed E-state index contributed by atoms with van der Waals surface area (Å²) in [4.78, 5) is 25.4. The molecule has 6 heteroatoms. The maximum atomic E-state index is 12.8. The van der Waals surface area contributed by atoms with Crippen LogP contribution in [-0.2, 0) is 19.1 Å². The quantitative estimate of drug-likeness (QED) is 0.0596. The summed E-state index contributed by atoms with van der Waals surface area (Å²) in [6, 6.07) is 0. The number of ether oxygens (including phenoxy) is 2. The molecular weight excluding hydrogens is 464 g/mol. The number of hydrogen-bond donors (Lipinski definition) is 1. The zero-order valence-electron chi connectivity index (χ0n) is 24.7. The van der Waals surface area contributed by atoms with Gasteiger partial charge in [0.25, 0.3) is 6.47 Å². The number of rotatable bonds is 30. The van der Waals surface area contributed by atoms with Gasteiger partial charge in [-0.2, -0.15) is 0 Å². The number of carbonyl (C=O) groups is 2. The average Bonchev–Trinajstić information content (AvgIpc) is 2.90. The second kappa shape index (κ2) is 29.4. The number of hydrogen-bond acceptors (Lipinski definition) is 6. The second-order valence-electron chi connectivity index (χ2n) is 10.7. The molecule has 0 aromatic carbocycles. The molecule has 0 aromatic heterocycles. The third-order valence-electron chi connectivity index (χ3n) is 7.26. The fraction of sp³-hybridized carbons (Fsp3) is 0.935. The van der Waals surface area contributed by atoms with E-state index in [0.29, 0.717) is 26.2 Å². The van der Waals surface area contributed by atoms with E-state index >= 15 is 0 Å². The molecule has 0 rings (SSSR count). The summed E-state index contributed by atoms with van der Waals surface area (Å²) in [6.07, 6.45) is 23.3. The monoisotopic (exact) mass is 526 g/mol. The van der Waals surface area contributed by atoms with Crippen molar-refractivity contribution in [2.24, 2.45) is 11.7 Å². The van der Waals surface area contributed by atoms with E-state index in [1.807, 2.05) is 0 Å². The van der Waals surface area contributed by atoms with Gasteiger partial charge in [-0.1, -0.05) is 104 Å². The van der Waals surface area contributed by atoms with Gasteiger partial charge >= 0.3 is 5.97 Å². The lowest BCUT2D eigenvalue weighted by Crippen LogP contribution is -2.31. The molecule has 0 aromatic rings. The summed E-state index contributed by atoms with van der Waals surface area (Å²) in [7, 11) is 0. The summed E-state index contributed by atoms with van der Waals surface area (Å²) in [5.41, 5.74) is 5.80. The van der Waals surface area contributed by atoms with Crippen molar-refractivity contribution in [1.82, 2.24) is 4.90 Å². The Bertz CT molecular complexity index is 490. The summed E-state index contributed by atoms with van der Waals surface area (Å²) in [5.74, 6) is 0.155. The smallest absolute Gasteiger partial charge is 0.308 e. The molecular formula is C31H62N2O4. The summed E-state index contributed by atoms with van der Waals surface area (Å²) < 4.78 is 10.5. The van der Waals surface area contributed by atoms with E-state index in [0.717, 1.165) is 83.8 Å². The van der Waals surface area contributed by atoms with Gasteiger partial charge in [-0.05, 0) is 51.6 Å². The highest BCUT2D eigenvalue weighted by molar-refractivity contribution is 5.72. The molecule has 0 fully saturated rings. The molecule has 0 saturated heterocycles. The summed E-state index contributed by atoms with van der Waals surface area (Å²) in [5, 5.41) is 0. The van der Waals surface area contributed by atoms with Crippen LogP contribution >= 0.6 is 0 Å². The SMILES string of the molecule is CCCCCCCCC(CCCCCC)C(=O)OCCCCCCN(CCN)CCCCCCOC=O. The Morgan fingerprint density at radius 1 is 0.676 bits per heavy atom. The fourth-order valence-electron chi connectivity index (χ4n) is 4.89. The Hall–Kier alpha value is -1.14. The van der Waals surface area contributed by atoms with Gasteiger partial charge in [0, 0.05) is 13.1 Å². The largest absolute Gasteiger partial charge is 0.468 e. The van der Waals surface area contributed by atoms with E-state index in [9.17, 15) is 9.59 Å². The highest BCUT2D eigenvalue weighted by atomic mass is 16.5. The Labute approximate surface area is 229 Å². The van der Waals surface area contributed by atoms with Crippen molar-refractivity contribution < 1.29 is 19.1 Å². The van der Waals surface area contributed by atoms with E-state index in [1.165, 1.54) is 64.2 Å². The zero-order valence-corrected chi connectivity index (χ0v) is 24.7. The molecule has 0 saturated carbocycles. The predicted octanol–water partition coefficient (Wildman–Crippen LogP) is 7.42. The molecule has 0 spiro atoms. The molecule has 0 aliphatic rings. The van der Waals surface area contributed by atoms with Crippen LogP contribution in [0.25, 0.3) is 0 Å². The molecule has 1 atom stereocenters. The molecule has 0 bridgehead atoms. The van der Waals surface area contributed by atoms with Crippen LogP contribution in [0, 0.1) is 5.92 Å². The molecule has 1 unspecified atom stereocenters. The van der Waals surface area contributed by atoms with Gasteiger partial charge in [0.1, 0.15) is 0 Å². The first-order valence-electron chi connectivity index (χ1n) is 15.8. The third-order valence-corrected chi connectivity index (χ3v) is 7.26. The number of nitrogens with two attached hydrogens (primary N) is 1. The average molecular weight is 527 g/mol. The number of carbonyl (C=O) groups excluding carboxylic acids is 2. The Kier molecular flexibility index (Phi) is 28.5. The highest BCUT2D eigenvalue weighted by Gasteiger charge is 2.19. The lowest BCUT2D eigenvalue weighted by Gasteiger charge is -2.21. The minimum Gasteiger partial charge on any atom is -0.468 e. The van der Waals surface area contributed by atoms with Crippen LogP contribution in [-0.4, -0.2) is 56.7 Å². The first-order valence-corrected chi connectivity index (χ1v) is 15.8. The first kappa shape index (κ1) is 35.9. The third kappa shape index (κ3) is 24.9. The zero-order chi connectivity index (χ0) is 27.2. The van der Waals surface area contributed by atoms with Crippen molar-refractivity contribution in [3.8, 4) is 0 Å². The van der Waals surface area contributed by atoms with Crippen molar-refractivity contribution in [2.75, 3.05) is 39.4 Å². The van der Waals surface area contributed by atoms with Gasteiger partial charge in [0.2, 0.25) is 0 Å². The topological polar surface area (TPSA) is 81.9 Å².